The number of anilines is 1. The van der Waals surface area contributed by atoms with Crippen LogP contribution in [0, 0.1) is 10.1 Å². The van der Waals surface area contributed by atoms with Gasteiger partial charge in [0, 0.05) is 23.4 Å². The predicted octanol–water partition coefficient (Wildman–Crippen LogP) is 1.49. The smallest absolute Gasteiger partial charge is 0.269 e. The average molecular weight is 404 g/mol. The summed E-state index contributed by atoms with van der Waals surface area (Å²) in [6.07, 6.45) is 1.29. The van der Waals surface area contributed by atoms with Gasteiger partial charge in [-0.05, 0) is 24.1 Å². The maximum Gasteiger partial charge on any atom is 0.269 e. The number of nitrogens with zero attached hydrogens (tertiary/aromatic N) is 5. The number of fused-ring (bicyclic) bond motifs is 1. The molecule has 1 aromatic carbocycles. The Morgan fingerprint density at radius 1 is 1.32 bits per heavy atom. The molecule has 0 saturated carbocycles. The van der Waals surface area contributed by atoms with Crippen molar-refractivity contribution in [3.63, 3.8) is 0 Å². The second-order valence-corrected chi connectivity index (χ2v) is 7.02. The number of aliphatic hydroxyl groups is 2. The highest BCUT2D eigenvalue weighted by Gasteiger charge is 2.36. The summed E-state index contributed by atoms with van der Waals surface area (Å²) in [5.41, 5.74) is 0.980. The van der Waals surface area contributed by atoms with Gasteiger partial charge in [-0.15, -0.1) is 0 Å². The monoisotopic (exact) mass is 404 g/mol. The summed E-state index contributed by atoms with van der Waals surface area (Å²) in [6, 6.07) is 6.10. The number of hydrogen-bond donors (Lipinski definition) is 3. The van der Waals surface area contributed by atoms with Gasteiger partial charge in [0.05, 0.1) is 24.0 Å². The lowest BCUT2D eigenvalue weighted by Gasteiger charge is -2.16. The third-order valence-electron chi connectivity index (χ3n) is 4.32. The van der Waals surface area contributed by atoms with Crippen molar-refractivity contribution in [2.24, 2.45) is 0 Å². The first kappa shape index (κ1) is 18.6. The Bertz CT molecular complexity index is 997. The van der Waals surface area contributed by atoms with Crippen LogP contribution in [0.15, 0.2) is 41.8 Å². The lowest BCUT2D eigenvalue weighted by Crippen LogP contribution is -2.19. The molecule has 1 aliphatic rings. The van der Waals surface area contributed by atoms with E-state index in [4.69, 9.17) is 4.74 Å². The number of nitro groups is 1. The highest BCUT2D eigenvalue weighted by atomic mass is 32.2. The molecule has 3 atom stereocenters. The number of hydrogen-bond acceptors (Lipinski definition) is 10. The molecule has 0 radical (unpaired) electrons. The minimum atomic E-state index is -0.782. The van der Waals surface area contributed by atoms with Crippen LogP contribution in [0.4, 0.5) is 11.5 Å². The van der Waals surface area contributed by atoms with Crippen molar-refractivity contribution in [1.82, 2.24) is 19.5 Å². The summed E-state index contributed by atoms with van der Waals surface area (Å²) in [5.74, 6) is 0.457. The van der Waals surface area contributed by atoms with E-state index in [9.17, 15) is 20.3 Å². The van der Waals surface area contributed by atoms with Gasteiger partial charge in [0.25, 0.3) is 5.69 Å². The molecular formula is C16H16N6O5S. The fraction of sp³-hybridized carbons (Fsp3) is 0.312. The summed E-state index contributed by atoms with van der Waals surface area (Å²) in [6.45, 7) is -0.173. The van der Waals surface area contributed by atoms with E-state index < -0.39 is 23.4 Å². The van der Waals surface area contributed by atoms with Crippen LogP contribution in [-0.4, -0.2) is 53.5 Å². The molecule has 28 heavy (non-hydrogen) atoms. The van der Waals surface area contributed by atoms with Crippen molar-refractivity contribution in [3.05, 3.63) is 47.0 Å². The Hall–Kier alpha value is -2.80. The van der Waals surface area contributed by atoms with Crippen molar-refractivity contribution < 1.29 is 19.9 Å². The van der Waals surface area contributed by atoms with Gasteiger partial charge in [-0.25, -0.2) is 15.0 Å². The van der Waals surface area contributed by atoms with Gasteiger partial charge in [0.2, 0.25) is 0 Å². The molecule has 1 fully saturated rings. The first-order valence-corrected chi connectivity index (χ1v) is 9.17. The van der Waals surface area contributed by atoms with E-state index in [0.29, 0.717) is 23.4 Å². The topological polar surface area (TPSA) is 148 Å². The van der Waals surface area contributed by atoms with E-state index in [-0.39, 0.29) is 12.3 Å². The van der Waals surface area contributed by atoms with Crippen LogP contribution in [0.2, 0.25) is 0 Å². The molecule has 146 valence electrons. The van der Waals surface area contributed by atoms with Crippen molar-refractivity contribution in [2.45, 2.75) is 29.8 Å². The van der Waals surface area contributed by atoms with E-state index in [0.717, 1.165) is 4.90 Å². The SMILES string of the molecule is O=[N+]([O-])c1ccc(SNc2ncnc3c2ncn3[C@@H]2O[C@H](CO)C[C@H]2O)cc1. The largest absolute Gasteiger partial charge is 0.394 e. The number of benzene rings is 1. The molecular weight excluding hydrogens is 388 g/mol. The number of aromatic nitrogens is 4. The molecule has 2 aromatic heterocycles. The molecule has 0 spiro atoms. The highest BCUT2D eigenvalue weighted by molar-refractivity contribution is 8.00. The normalized spacial score (nSPS) is 21.9. The van der Waals surface area contributed by atoms with Gasteiger partial charge in [0.15, 0.2) is 23.2 Å². The van der Waals surface area contributed by atoms with Gasteiger partial charge in [-0.3, -0.25) is 14.7 Å². The number of nitro benzene ring substituents is 1. The molecule has 4 rings (SSSR count). The zero-order valence-corrected chi connectivity index (χ0v) is 15.2. The number of non-ortho nitro benzene ring substituents is 1. The second kappa shape index (κ2) is 7.67. The number of ether oxygens (including phenoxy) is 1. The maximum absolute atomic E-state index is 10.7. The zero-order valence-electron chi connectivity index (χ0n) is 14.4. The first-order chi connectivity index (χ1) is 13.6. The highest BCUT2D eigenvalue weighted by Crippen LogP contribution is 2.32. The van der Waals surface area contributed by atoms with Crippen molar-refractivity contribution in [2.75, 3.05) is 11.3 Å². The summed E-state index contributed by atoms with van der Waals surface area (Å²) in [7, 11) is 0. The quantitative estimate of drug-likeness (QED) is 0.313. The van der Waals surface area contributed by atoms with Crippen LogP contribution >= 0.6 is 11.9 Å². The van der Waals surface area contributed by atoms with Gasteiger partial charge in [0.1, 0.15) is 12.4 Å². The maximum atomic E-state index is 10.7. The Morgan fingerprint density at radius 3 is 2.79 bits per heavy atom. The lowest BCUT2D eigenvalue weighted by atomic mass is 10.2. The van der Waals surface area contributed by atoms with E-state index in [1.54, 1.807) is 16.7 Å². The molecule has 0 unspecified atom stereocenters. The lowest BCUT2D eigenvalue weighted by molar-refractivity contribution is -0.384. The van der Waals surface area contributed by atoms with Crippen LogP contribution in [0.25, 0.3) is 11.2 Å². The minimum Gasteiger partial charge on any atom is -0.394 e. The minimum absolute atomic E-state index is 0.0174. The molecule has 1 saturated heterocycles. The molecule has 3 aromatic rings. The predicted molar refractivity (Wildman–Crippen MR) is 99.5 cm³/mol. The van der Waals surface area contributed by atoms with Crippen molar-refractivity contribution >= 4 is 34.6 Å². The Balaban J connectivity index is 1.54. The number of rotatable bonds is 6. The molecule has 0 bridgehead atoms. The summed E-state index contributed by atoms with van der Waals surface area (Å²) >= 11 is 1.23. The standard InChI is InChI=1S/C16H16N6O5S/c23-6-10-5-12(24)16(27-10)21-8-19-13-14(17-7-18-15(13)21)20-28-11-3-1-9(2-4-11)22(25)26/h1-4,7-8,10,12,16,23-24H,5-6H2,(H,17,18,20)/t10-,12+,16+/m0/s1. The molecule has 0 aliphatic carbocycles. The van der Waals surface area contributed by atoms with Crippen molar-refractivity contribution in [3.8, 4) is 0 Å². The number of nitrogens with one attached hydrogen (secondary N) is 1. The van der Waals surface area contributed by atoms with Crippen LogP contribution in [0.3, 0.4) is 0 Å². The van der Waals surface area contributed by atoms with Crippen molar-refractivity contribution in [1.29, 1.82) is 0 Å². The third kappa shape index (κ3) is 3.49. The van der Waals surface area contributed by atoms with Crippen LogP contribution in [-0.2, 0) is 4.74 Å². The molecule has 1 aliphatic heterocycles. The van der Waals surface area contributed by atoms with Gasteiger partial charge >= 0.3 is 0 Å². The molecule has 12 heteroatoms. The number of aliphatic hydroxyl groups excluding tert-OH is 2. The van der Waals surface area contributed by atoms with Gasteiger partial charge in [-0.1, -0.05) is 0 Å². The van der Waals surface area contributed by atoms with E-state index in [1.165, 1.54) is 36.7 Å². The zero-order chi connectivity index (χ0) is 19.7. The average Bonchev–Trinajstić information content (AvgIpc) is 3.29. The van der Waals surface area contributed by atoms with Crippen LogP contribution in [0.5, 0.6) is 0 Å². The summed E-state index contributed by atoms with van der Waals surface area (Å²) in [5, 5.41) is 30.2. The Morgan fingerprint density at radius 2 is 2.11 bits per heavy atom. The fourth-order valence-electron chi connectivity index (χ4n) is 2.95. The van der Waals surface area contributed by atoms with Crippen LogP contribution in [0.1, 0.15) is 12.6 Å². The molecule has 3 heterocycles. The summed E-state index contributed by atoms with van der Waals surface area (Å²) < 4.78 is 10.3. The van der Waals surface area contributed by atoms with E-state index in [2.05, 4.69) is 19.7 Å². The van der Waals surface area contributed by atoms with Gasteiger partial charge in [-0.2, -0.15) is 0 Å². The summed E-state index contributed by atoms with van der Waals surface area (Å²) in [4.78, 5) is 23.8. The fourth-order valence-corrected chi connectivity index (χ4v) is 3.59. The Labute approximate surface area is 162 Å². The third-order valence-corrected chi connectivity index (χ3v) is 5.12. The van der Waals surface area contributed by atoms with Crippen LogP contribution < -0.4 is 4.72 Å². The first-order valence-electron chi connectivity index (χ1n) is 8.36. The molecule has 0 amide bonds. The Kier molecular flexibility index (Phi) is 5.09. The second-order valence-electron chi connectivity index (χ2n) is 6.14. The van der Waals surface area contributed by atoms with E-state index in [1.807, 2.05) is 0 Å². The van der Waals surface area contributed by atoms with E-state index >= 15 is 0 Å². The number of imidazole rings is 1. The molecule has 3 N–H and O–H groups in total. The van der Waals surface area contributed by atoms with Gasteiger partial charge < -0.3 is 19.7 Å². The molecule has 11 nitrogen and oxygen atoms in total.